The Balaban J connectivity index is 2.15. The molecule has 0 aliphatic heterocycles. The van der Waals surface area contributed by atoms with E-state index < -0.39 is 0 Å². The summed E-state index contributed by atoms with van der Waals surface area (Å²) in [4.78, 5) is 4.53. The molecule has 2 unspecified atom stereocenters. The highest BCUT2D eigenvalue weighted by Gasteiger charge is 2.27. The third-order valence-electron chi connectivity index (χ3n) is 4.51. The fourth-order valence-corrected chi connectivity index (χ4v) is 3.50. The van der Waals surface area contributed by atoms with Gasteiger partial charge in [0.1, 0.15) is 5.52 Å². The van der Waals surface area contributed by atoms with Gasteiger partial charge in [0.2, 0.25) is 5.95 Å². The fourth-order valence-electron chi connectivity index (χ4n) is 3.50. The number of hydrogen-bond acceptors (Lipinski definition) is 3. The van der Waals surface area contributed by atoms with Crippen molar-refractivity contribution < 1.29 is 0 Å². The van der Waals surface area contributed by atoms with E-state index in [1.807, 2.05) is 18.7 Å². The summed E-state index contributed by atoms with van der Waals surface area (Å²) >= 11 is 0. The third-order valence-corrected chi connectivity index (χ3v) is 4.51. The maximum absolute atomic E-state index is 6.19. The Labute approximate surface area is 113 Å². The van der Waals surface area contributed by atoms with Crippen LogP contribution in [0.1, 0.15) is 50.8 Å². The van der Waals surface area contributed by atoms with Gasteiger partial charge in [-0.05, 0) is 25.7 Å². The molecule has 1 aliphatic carbocycles. The normalized spacial score (nSPS) is 24.8. The zero-order chi connectivity index (χ0) is 13.6. The number of aromatic nitrogens is 4. The molecule has 0 spiro atoms. The Hall–Kier alpha value is -1.52. The molecule has 2 heterocycles. The highest BCUT2D eigenvalue weighted by molar-refractivity contribution is 5.77. The minimum atomic E-state index is 0.460. The van der Waals surface area contributed by atoms with E-state index in [-0.39, 0.29) is 0 Å². The standard InChI is InChI=1S/C14H23N5/c1-9-7-5-4-6-8-11(9)19-13-12(16-14(19)15)10(2)17-18(13)3/h9,11H,4-8H2,1-3H3,(H2,15,16). The Morgan fingerprint density at radius 2 is 1.95 bits per heavy atom. The molecule has 5 nitrogen and oxygen atoms in total. The van der Waals surface area contributed by atoms with Crippen LogP contribution in [0, 0.1) is 12.8 Å². The molecule has 2 atom stereocenters. The summed E-state index contributed by atoms with van der Waals surface area (Å²) in [6.45, 7) is 4.33. The summed E-state index contributed by atoms with van der Waals surface area (Å²) in [6.07, 6.45) is 6.43. The first-order valence-corrected chi connectivity index (χ1v) is 7.26. The van der Waals surface area contributed by atoms with E-state index in [1.54, 1.807) is 0 Å². The fraction of sp³-hybridized carbons (Fsp3) is 0.714. The van der Waals surface area contributed by atoms with Crippen LogP contribution in [0.3, 0.4) is 0 Å². The van der Waals surface area contributed by atoms with Gasteiger partial charge in [0.05, 0.1) is 5.69 Å². The minimum absolute atomic E-state index is 0.460. The molecule has 2 aromatic rings. The van der Waals surface area contributed by atoms with Crippen LogP contribution in [0.25, 0.3) is 11.2 Å². The van der Waals surface area contributed by atoms with Gasteiger partial charge in [-0.3, -0.25) is 9.25 Å². The maximum Gasteiger partial charge on any atom is 0.202 e. The number of fused-ring (bicyclic) bond motifs is 1. The van der Waals surface area contributed by atoms with Gasteiger partial charge in [-0.25, -0.2) is 4.98 Å². The molecule has 1 aliphatic rings. The molecular weight excluding hydrogens is 238 g/mol. The van der Waals surface area contributed by atoms with Crippen molar-refractivity contribution in [1.82, 2.24) is 19.3 Å². The molecule has 0 saturated heterocycles. The van der Waals surface area contributed by atoms with Gasteiger partial charge in [0, 0.05) is 13.1 Å². The monoisotopic (exact) mass is 261 g/mol. The second kappa shape index (κ2) is 4.54. The zero-order valence-corrected chi connectivity index (χ0v) is 12.1. The van der Waals surface area contributed by atoms with Crippen LogP contribution in [-0.4, -0.2) is 19.3 Å². The molecule has 2 N–H and O–H groups in total. The number of aryl methyl sites for hydroxylation is 2. The van der Waals surface area contributed by atoms with Crippen molar-refractivity contribution in [1.29, 1.82) is 0 Å². The molecule has 0 amide bonds. The van der Waals surface area contributed by atoms with Crippen molar-refractivity contribution in [3.8, 4) is 0 Å². The largest absolute Gasteiger partial charge is 0.369 e. The highest BCUT2D eigenvalue weighted by atomic mass is 15.4. The summed E-state index contributed by atoms with van der Waals surface area (Å²) in [5.41, 5.74) is 9.19. The van der Waals surface area contributed by atoms with Crippen molar-refractivity contribution in [2.45, 2.75) is 52.0 Å². The smallest absolute Gasteiger partial charge is 0.202 e. The lowest BCUT2D eigenvalue weighted by Crippen LogP contribution is -2.19. The quantitative estimate of drug-likeness (QED) is 0.803. The van der Waals surface area contributed by atoms with Crippen LogP contribution in [-0.2, 0) is 7.05 Å². The topological polar surface area (TPSA) is 61.7 Å². The maximum atomic E-state index is 6.19. The number of hydrogen-bond donors (Lipinski definition) is 1. The van der Waals surface area contributed by atoms with Gasteiger partial charge < -0.3 is 5.73 Å². The lowest BCUT2D eigenvalue weighted by molar-refractivity contribution is 0.341. The minimum Gasteiger partial charge on any atom is -0.369 e. The van der Waals surface area contributed by atoms with Gasteiger partial charge in [-0.1, -0.05) is 26.2 Å². The predicted molar refractivity (Wildman–Crippen MR) is 76.9 cm³/mol. The van der Waals surface area contributed by atoms with E-state index in [2.05, 4.69) is 21.6 Å². The molecule has 0 bridgehead atoms. The summed E-state index contributed by atoms with van der Waals surface area (Å²) in [7, 11) is 1.98. The number of nitrogen functional groups attached to an aromatic ring is 1. The summed E-state index contributed by atoms with van der Waals surface area (Å²) in [5, 5.41) is 4.47. The highest BCUT2D eigenvalue weighted by Crippen LogP contribution is 2.36. The second-order valence-electron chi connectivity index (χ2n) is 5.90. The lowest BCUT2D eigenvalue weighted by Gasteiger charge is -2.24. The number of anilines is 1. The van der Waals surface area contributed by atoms with Gasteiger partial charge in [0.25, 0.3) is 0 Å². The number of imidazole rings is 1. The Kier molecular flexibility index (Phi) is 2.99. The van der Waals surface area contributed by atoms with Gasteiger partial charge in [-0.15, -0.1) is 0 Å². The van der Waals surface area contributed by atoms with E-state index in [9.17, 15) is 0 Å². The Morgan fingerprint density at radius 1 is 1.21 bits per heavy atom. The molecule has 5 heteroatoms. The molecule has 0 aromatic carbocycles. The first kappa shape index (κ1) is 12.5. The van der Waals surface area contributed by atoms with Crippen LogP contribution >= 0.6 is 0 Å². The van der Waals surface area contributed by atoms with Crippen LogP contribution in [0.15, 0.2) is 0 Å². The molecule has 19 heavy (non-hydrogen) atoms. The van der Waals surface area contributed by atoms with Crippen LogP contribution in [0.5, 0.6) is 0 Å². The first-order chi connectivity index (χ1) is 9.09. The summed E-state index contributed by atoms with van der Waals surface area (Å²) < 4.78 is 4.15. The van der Waals surface area contributed by atoms with E-state index in [1.165, 1.54) is 32.1 Å². The molecule has 1 fully saturated rings. The lowest BCUT2D eigenvalue weighted by atomic mass is 9.97. The average Bonchev–Trinajstić information content (AvgIpc) is 2.73. The predicted octanol–water partition coefficient (Wildman–Crippen LogP) is 2.80. The molecule has 0 radical (unpaired) electrons. The van der Waals surface area contributed by atoms with Crippen molar-refractivity contribution in [3.63, 3.8) is 0 Å². The van der Waals surface area contributed by atoms with E-state index in [4.69, 9.17) is 5.73 Å². The van der Waals surface area contributed by atoms with Crippen molar-refractivity contribution in [2.24, 2.45) is 13.0 Å². The Morgan fingerprint density at radius 3 is 2.74 bits per heavy atom. The molecular formula is C14H23N5. The molecule has 1 saturated carbocycles. The molecule has 3 rings (SSSR count). The van der Waals surface area contributed by atoms with E-state index in [0.29, 0.717) is 17.9 Å². The second-order valence-corrected chi connectivity index (χ2v) is 5.90. The third kappa shape index (κ3) is 1.91. The van der Waals surface area contributed by atoms with Crippen LogP contribution < -0.4 is 5.73 Å². The zero-order valence-electron chi connectivity index (χ0n) is 12.1. The average molecular weight is 261 g/mol. The Bertz CT molecular complexity index is 595. The van der Waals surface area contributed by atoms with Crippen molar-refractivity contribution >= 4 is 17.1 Å². The van der Waals surface area contributed by atoms with Crippen molar-refractivity contribution in [2.75, 3.05) is 5.73 Å². The number of nitrogens with two attached hydrogens (primary N) is 1. The van der Waals surface area contributed by atoms with Crippen LogP contribution in [0.4, 0.5) is 5.95 Å². The molecule has 2 aromatic heterocycles. The van der Waals surface area contributed by atoms with Gasteiger partial charge in [0.15, 0.2) is 5.65 Å². The number of rotatable bonds is 1. The number of nitrogens with zero attached hydrogens (tertiary/aromatic N) is 4. The first-order valence-electron chi connectivity index (χ1n) is 7.26. The summed E-state index contributed by atoms with van der Waals surface area (Å²) in [6, 6.07) is 0.460. The van der Waals surface area contributed by atoms with Gasteiger partial charge >= 0.3 is 0 Å². The van der Waals surface area contributed by atoms with Gasteiger partial charge in [-0.2, -0.15) is 5.10 Å². The SMILES string of the molecule is Cc1nn(C)c2c1nc(N)n2C1CCCCCC1C. The molecule has 104 valence electrons. The van der Waals surface area contributed by atoms with Crippen molar-refractivity contribution in [3.05, 3.63) is 5.69 Å². The van der Waals surface area contributed by atoms with E-state index >= 15 is 0 Å². The van der Waals surface area contributed by atoms with Crippen LogP contribution in [0.2, 0.25) is 0 Å². The summed E-state index contributed by atoms with van der Waals surface area (Å²) in [5.74, 6) is 1.29. The van der Waals surface area contributed by atoms with E-state index in [0.717, 1.165) is 16.9 Å².